The zero-order valence-electron chi connectivity index (χ0n) is 12.8. The van der Waals surface area contributed by atoms with E-state index in [-0.39, 0.29) is 5.91 Å². The predicted octanol–water partition coefficient (Wildman–Crippen LogP) is 5.97. The third-order valence-electron chi connectivity index (χ3n) is 4.04. The Balaban J connectivity index is 1.73. The molecule has 3 rings (SSSR count). The molecule has 1 saturated heterocycles. The van der Waals surface area contributed by atoms with Crippen LogP contribution in [-0.2, 0) is 0 Å². The van der Waals surface area contributed by atoms with E-state index in [1.165, 1.54) is 0 Å². The Morgan fingerprint density at radius 2 is 1.83 bits per heavy atom. The van der Waals surface area contributed by atoms with Gasteiger partial charge in [-0.3, -0.25) is 4.79 Å². The molecule has 1 amide bonds. The number of hydrogen-bond acceptors (Lipinski definition) is 2. The number of thioether (sulfide) groups is 1. The summed E-state index contributed by atoms with van der Waals surface area (Å²) in [4.78, 5) is 14.6. The quantitative estimate of drug-likeness (QED) is 0.619. The highest BCUT2D eigenvalue weighted by Gasteiger charge is 2.25. The van der Waals surface area contributed by atoms with Crippen LogP contribution < -0.4 is 0 Å². The fourth-order valence-electron chi connectivity index (χ4n) is 2.79. The number of nitrogens with zero attached hydrogens (tertiary/aromatic N) is 1. The van der Waals surface area contributed by atoms with E-state index >= 15 is 0 Å². The molecule has 1 unspecified atom stereocenters. The molecule has 2 aromatic rings. The van der Waals surface area contributed by atoms with Crippen molar-refractivity contribution in [3.05, 3.63) is 68.7 Å². The Bertz CT molecular complexity index is 753. The summed E-state index contributed by atoms with van der Waals surface area (Å²) >= 11 is 20.2. The lowest BCUT2D eigenvalue weighted by molar-refractivity contribution is 0.0767. The number of carbonyl (C=O) groups is 1. The van der Waals surface area contributed by atoms with Crippen LogP contribution in [0.4, 0.5) is 0 Å². The Morgan fingerprint density at radius 3 is 2.58 bits per heavy atom. The van der Waals surface area contributed by atoms with Crippen molar-refractivity contribution in [1.82, 2.24) is 4.90 Å². The number of hydrogen-bond donors (Lipinski definition) is 0. The van der Waals surface area contributed by atoms with Gasteiger partial charge in [0, 0.05) is 34.1 Å². The molecule has 1 aliphatic heterocycles. The van der Waals surface area contributed by atoms with Crippen LogP contribution in [0.3, 0.4) is 0 Å². The summed E-state index contributed by atoms with van der Waals surface area (Å²) < 4.78 is 0. The van der Waals surface area contributed by atoms with Crippen LogP contribution in [0.2, 0.25) is 15.1 Å². The average Bonchev–Trinajstić information content (AvgIpc) is 2.81. The van der Waals surface area contributed by atoms with Crippen LogP contribution in [0, 0.1) is 0 Å². The van der Waals surface area contributed by atoms with Crippen LogP contribution in [0.5, 0.6) is 0 Å². The largest absolute Gasteiger partial charge is 0.338 e. The standard InChI is InChI=1S/C18H16Cl3NOS/c19-12-5-6-14(16(21)11-12)18(23)22-8-7-17(24-10-9-22)13-3-1-2-4-15(13)20/h1-6,11,17H,7-10H2. The SMILES string of the molecule is O=C(c1ccc(Cl)cc1Cl)N1CCSC(c2ccccc2Cl)CC1. The average molecular weight is 401 g/mol. The smallest absolute Gasteiger partial charge is 0.255 e. The van der Waals surface area contributed by atoms with Gasteiger partial charge in [-0.05, 0) is 36.2 Å². The molecular weight excluding hydrogens is 385 g/mol. The number of rotatable bonds is 2. The molecule has 0 aliphatic carbocycles. The molecule has 126 valence electrons. The number of benzene rings is 2. The van der Waals surface area contributed by atoms with Crippen LogP contribution in [-0.4, -0.2) is 29.6 Å². The first kappa shape index (κ1) is 17.9. The van der Waals surface area contributed by atoms with Crippen LogP contribution in [0.1, 0.15) is 27.6 Å². The van der Waals surface area contributed by atoms with Gasteiger partial charge >= 0.3 is 0 Å². The van der Waals surface area contributed by atoms with Crippen molar-refractivity contribution >= 4 is 52.5 Å². The summed E-state index contributed by atoms with van der Waals surface area (Å²) in [6.45, 7) is 1.38. The summed E-state index contributed by atoms with van der Waals surface area (Å²) in [5.74, 6) is 0.824. The van der Waals surface area contributed by atoms with Gasteiger partial charge in [-0.1, -0.05) is 53.0 Å². The summed E-state index contributed by atoms with van der Waals surface area (Å²) in [5.41, 5.74) is 1.64. The van der Waals surface area contributed by atoms with Gasteiger partial charge in [-0.25, -0.2) is 0 Å². The van der Waals surface area contributed by atoms with Crippen molar-refractivity contribution in [3.8, 4) is 0 Å². The third kappa shape index (κ3) is 4.02. The Kier molecular flexibility index (Phi) is 5.98. The van der Waals surface area contributed by atoms with Crippen molar-refractivity contribution in [2.24, 2.45) is 0 Å². The predicted molar refractivity (Wildman–Crippen MR) is 104 cm³/mol. The van der Waals surface area contributed by atoms with E-state index < -0.39 is 0 Å². The molecule has 0 N–H and O–H groups in total. The number of amides is 1. The summed E-state index contributed by atoms with van der Waals surface area (Å²) in [5, 5.41) is 2.02. The minimum absolute atomic E-state index is 0.0444. The maximum atomic E-state index is 12.8. The van der Waals surface area contributed by atoms with Crippen molar-refractivity contribution in [2.45, 2.75) is 11.7 Å². The van der Waals surface area contributed by atoms with Crippen molar-refractivity contribution in [2.75, 3.05) is 18.8 Å². The zero-order valence-corrected chi connectivity index (χ0v) is 15.9. The van der Waals surface area contributed by atoms with E-state index in [1.54, 1.807) is 18.2 Å². The van der Waals surface area contributed by atoms with Gasteiger partial charge in [0.25, 0.3) is 5.91 Å². The summed E-state index contributed by atoms with van der Waals surface area (Å²) in [6.07, 6.45) is 0.866. The normalized spacial score (nSPS) is 18.3. The molecule has 1 heterocycles. The molecule has 1 atom stereocenters. The molecule has 1 aliphatic rings. The van der Waals surface area contributed by atoms with Gasteiger partial charge in [0.15, 0.2) is 0 Å². The Labute approximate surface area is 161 Å². The molecule has 1 fully saturated rings. The topological polar surface area (TPSA) is 20.3 Å². The zero-order chi connectivity index (χ0) is 17.1. The second-order valence-corrected chi connectivity index (χ2v) is 8.15. The molecule has 0 saturated carbocycles. The van der Waals surface area contributed by atoms with E-state index in [1.807, 2.05) is 34.9 Å². The van der Waals surface area contributed by atoms with Crippen molar-refractivity contribution < 1.29 is 4.79 Å². The second-order valence-electron chi connectivity index (χ2n) is 5.59. The molecule has 2 nitrogen and oxygen atoms in total. The van der Waals surface area contributed by atoms with E-state index in [0.29, 0.717) is 33.9 Å². The van der Waals surface area contributed by atoms with Crippen LogP contribution in [0.15, 0.2) is 42.5 Å². The van der Waals surface area contributed by atoms with Gasteiger partial charge in [-0.15, -0.1) is 0 Å². The fraction of sp³-hybridized carbons (Fsp3) is 0.278. The summed E-state index contributed by atoms with van der Waals surface area (Å²) in [6, 6.07) is 12.9. The highest BCUT2D eigenvalue weighted by atomic mass is 35.5. The van der Waals surface area contributed by atoms with Crippen LogP contribution >= 0.6 is 46.6 Å². The van der Waals surface area contributed by atoms with Crippen molar-refractivity contribution in [1.29, 1.82) is 0 Å². The fourth-order valence-corrected chi connectivity index (χ4v) is 4.88. The van der Waals surface area contributed by atoms with Gasteiger partial charge in [0.2, 0.25) is 0 Å². The molecule has 0 radical (unpaired) electrons. The number of carbonyl (C=O) groups excluding carboxylic acids is 1. The van der Waals surface area contributed by atoms with E-state index in [9.17, 15) is 4.79 Å². The molecular formula is C18H16Cl3NOS. The molecule has 0 bridgehead atoms. The molecule has 6 heteroatoms. The lowest BCUT2D eigenvalue weighted by atomic mass is 10.1. The van der Waals surface area contributed by atoms with E-state index in [2.05, 4.69) is 6.07 Å². The summed E-state index contributed by atoms with van der Waals surface area (Å²) in [7, 11) is 0. The lowest BCUT2D eigenvalue weighted by Gasteiger charge is -2.21. The minimum Gasteiger partial charge on any atom is -0.338 e. The first-order valence-corrected chi connectivity index (χ1v) is 9.85. The molecule has 2 aromatic carbocycles. The van der Waals surface area contributed by atoms with Gasteiger partial charge in [0.05, 0.1) is 10.6 Å². The Hall–Kier alpha value is -0.870. The van der Waals surface area contributed by atoms with Gasteiger partial charge in [0.1, 0.15) is 0 Å². The highest BCUT2D eigenvalue weighted by Crippen LogP contribution is 2.38. The van der Waals surface area contributed by atoms with E-state index in [0.717, 1.165) is 22.8 Å². The van der Waals surface area contributed by atoms with Crippen LogP contribution in [0.25, 0.3) is 0 Å². The number of halogens is 3. The van der Waals surface area contributed by atoms with E-state index in [4.69, 9.17) is 34.8 Å². The Morgan fingerprint density at radius 1 is 1.04 bits per heavy atom. The monoisotopic (exact) mass is 399 g/mol. The molecule has 0 aromatic heterocycles. The van der Waals surface area contributed by atoms with Crippen molar-refractivity contribution in [3.63, 3.8) is 0 Å². The maximum Gasteiger partial charge on any atom is 0.255 e. The highest BCUT2D eigenvalue weighted by molar-refractivity contribution is 7.99. The van der Waals surface area contributed by atoms with Gasteiger partial charge in [-0.2, -0.15) is 11.8 Å². The molecule has 24 heavy (non-hydrogen) atoms. The maximum absolute atomic E-state index is 12.8. The first-order valence-electron chi connectivity index (χ1n) is 7.66. The third-order valence-corrected chi connectivity index (χ3v) is 6.24. The lowest BCUT2D eigenvalue weighted by Crippen LogP contribution is -2.33. The second kappa shape index (κ2) is 8.01. The molecule has 0 spiro atoms. The van der Waals surface area contributed by atoms with Gasteiger partial charge < -0.3 is 4.90 Å². The minimum atomic E-state index is -0.0444. The first-order chi connectivity index (χ1) is 11.6.